The fraction of sp³-hybridized carbons (Fsp3) is 0.162. The van der Waals surface area contributed by atoms with Crippen LogP contribution in [0.25, 0.3) is 21.8 Å². The van der Waals surface area contributed by atoms with Crippen molar-refractivity contribution in [1.82, 2.24) is 9.97 Å². The molecule has 4 aromatic carbocycles. The molecule has 0 radical (unpaired) electrons. The molecule has 2 aromatic heterocycles. The average molecular weight is 605 g/mol. The molecule has 226 valence electrons. The van der Waals surface area contributed by atoms with Crippen LogP contribution in [0.4, 0.5) is 8.78 Å². The molecule has 0 aliphatic rings. The molecule has 0 bridgehead atoms. The first kappa shape index (κ1) is 29.7. The van der Waals surface area contributed by atoms with E-state index in [0.717, 1.165) is 0 Å². The minimum Gasteiger partial charge on any atom is -0.487 e. The van der Waals surface area contributed by atoms with Gasteiger partial charge in [-0.15, -0.1) is 0 Å². The van der Waals surface area contributed by atoms with Crippen LogP contribution < -0.4 is 9.47 Å². The smallest absolute Gasteiger partial charge is 0.318 e. The number of hydrogen-bond donors (Lipinski definition) is 1. The zero-order valence-corrected chi connectivity index (χ0v) is 24.5. The second kappa shape index (κ2) is 12.7. The van der Waals surface area contributed by atoms with Crippen molar-refractivity contribution in [2.75, 3.05) is 0 Å². The van der Waals surface area contributed by atoms with E-state index in [0.29, 0.717) is 68.7 Å². The number of benzene rings is 4. The summed E-state index contributed by atoms with van der Waals surface area (Å²) in [6.07, 6.45) is 1.05. The van der Waals surface area contributed by atoms with Crippen LogP contribution in [0.3, 0.4) is 0 Å². The van der Waals surface area contributed by atoms with E-state index in [-0.39, 0.29) is 24.8 Å². The van der Waals surface area contributed by atoms with Crippen LogP contribution >= 0.6 is 0 Å². The minimum atomic E-state index is -1.27. The first-order valence-corrected chi connectivity index (χ1v) is 14.6. The maximum absolute atomic E-state index is 13.5. The Morgan fingerprint density at radius 1 is 0.667 bits per heavy atom. The van der Waals surface area contributed by atoms with E-state index in [9.17, 15) is 18.7 Å². The Kier molecular flexibility index (Phi) is 8.38. The van der Waals surface area contributed by atoms with Gasteiger partial charge in [0.05, 0.1) is 22.4 Å². The van der Waals surface area contributed by atoms with Gasteiger partial charge in [0.15, 0.2) is 0 Å². The second-order valence-electron chi connectivity index (χ2n) is 10.9. The molecule has 6 aromatic rings. The van der Waals surface area contributed by atoms with Gasteiger partial charge in [-0.2, -0.15) is 0 Å². The lowest BCUT2D eigenvalue weighted by Gasteiger charge is -2.31. The first-order valence-electron chi connectivity index (χ1n) is 14.6. The number of halogens is 2. The molecule has 0 amide bonds. The summed E-state index contributed by atoms with van der Waals surface area (Å²) in [6.45, 7) is 2.38. The Balaban J connectivity index is 1.17. The standard InChI is InChI=1S/C37H30F2N2O4/c1-2-19-37(36(42)43,26-5-13-32(14-6-26)44-22-30-11-3-24-20-28(38)9-17-34(24)40-30)27-7-15-33(16-8-27)45-23-31-12-4-25-21-29(39)10-18-35(25)41-31/h3-18,20-21H,2,19,22-23H2,1H3,(H,42,43). The Morgan fingerprint density at radius 2 is 1.11 bits per heavy atom. The van der Waals surface area contributed by atoms with Crippen molar-refractivity contribution in [2.24, 2.45) is 0 Å². The van der Waals surface area contributed by atoms with Gasteiger partial charge in [0.2, 0.25) is 0 Å². The third-order valence-electron chi connectivity index (χ3n) is 7.88. The van der Waals surface area contributed by atoms with Gasteiger partial charge < -0.3 is 14.6 Å². The number of nitrogens with zero attached hydrogens (tertiary/aromatic N) is 2. The molecule has 0 aliphatic heterocycles. The highest BCUT2D eigenvalue weighted by Gasteiger charge is 2.41. The van der Waals surface area contributed by atoms with Gasteiger partial charge in [-0.05, 0) is 90.3 Å². The molecule has 1 N–H and O–H groups in total. The lowest BCUT2D eigenvalue weighted by Crippen LogP contribution is -2.37. The van der Waals surface area contributed by atoms with Crippen molar-refractivity contribution in [3.8, 4) is 11.5 Å². The van der Waals surface area contributed by atoms with Crippen molar-refractivity contribution in [3.05, 3.63) is 143 Å². The molecule has 0 atom stereocenters. The normalized spacial score (nSPS) is 11.5. The number of carbonyl (C=O) groups is 1. The highest BCUT2D eigenvalue weighted by Crippen LogP contribution is 2.39. The molecule has 6 rings (SSSR count). The monoisotopic (exact) mass is 604 g/mol. The predicted molar refractivity (Wildman–Crippen MR) is 168 cm³/mol. The first-order chi connectivity index (χ1) is 21.8. The molecule has 0 fully saturated rings. The third kappa shape index (κ3) is 6.31. The van der Waals surface area contributed by atoms with Crippen LogP contribution in [0.1, 0.15) is 42.3 Å². The summed E-state index contributed by atoms with van der Waals surface area (Å²) in [5.74, 6) is -0.417. The number of carboxylic acid groups (broad SMARTS) is 1. The molecular formula is C37H30F2N2O4. The summed E-state index contributed by atoms with van der Waals surface area (Å²) in [4.78, 5) is 22.0. The van der Waals surface area contributed by atoms with Crippen LogP contribution in [0.2, 0.25) is 0 Å². The van der Waals surface area contributed by atoms with Crippen LogP contribution in [-0.4, -0.2) is 21.0 Å². The van der Waals surface area contributed by atoms with E-state index in [1.54, 1.807) is 84.9 Å². The summed E-state index contributed by atoms with van der Waals surface area (Å²) in [5, 5.41) is 12.0. The van der Waals surface area contributed by atoms with Crippen molar-refractivity contribution in [2.45, 2.75) is 38.4 Å². The number of carboxylic acids is 1. The molecule has 0 saturated carbocycles. The fourth-order valence-electron chi connectivity index (χ4n) is 5.61. The second-order valence-corrected chi connectivity index (χ2v) is 10.9. The molecule has 0 saturated heterocycles. The molecular weight excluding hydrogens is 574 g/mol. The van der Waals surface area contributed by atoms with Gasteiger partial charge in [0, 0.05) is 10.8 Å². The number of ether oxygens (including phenoxy) is 2. The summed E-state index contributed by atoms with van der Waals surface area (Å²) in [5.41, 5.74) is 2.75. The largest absolute Gasteiger partial charge is 0.487 e. The summed E-state index contributed by atoms with van der Waals surface area (Å²) >= 11 is 0. The van der Waals surface area contributed by atoms with Gasteiger partial charge in [-0.3, -0.25) is 4.79 Å². The zero-order valence-electron chi connectivity index (χ0n) is 24.5. The van der Waals surface area contributed by atoms with Crippen molar-refractivity contribution < 1.29 is 28.2 Å². The van der Waals surface area contributed by atoms with E-state index < -0.39 is 11.4 Å². The molecule has 45 heavy (non-hydrogen) atoms. The van der Waals surface area contributed by atoms with Gasteiger partial charge in [0.25, 0.3) is 0 Å². The van der Waals surface area contributed by atoms with E-state index in [4.69, 9.17) is 9.47 Å². The summed E-state index contributed by atoms with van der Waals surface area (Å²) < 4.78 is 38.8. The molecule has 2 heterocycles. The quantitative estimate of drug-likeness (QED) is 0.160. The molecule has 0 spiro atoms. The van der Waals surface area contributed by atoms with E-state index in [1.165, 1.54) is 24.3 Å². The van der Waals surface area contributed by atoms with Crippen LogP contribution in [0.15, 0.2) is 109 Å². The lowest BCUT2D eigenvalue weighted by atomic mass is 9.71. The maximum atomic E-state index is 13.5. The fourth-order valence-corrected chi connectivity index (χ4v) is 5.61. The topological polar surface area (TPSA) is 81.5 Å². The van der Waals surface area contributed by atoms with Gasteiger partial charge >= 0.3 is 5.97 Å². The number of pyridine rings is 2. The summed E-state index contributed by atoms with van der Waals surface area (Å²) in [6, 6.07) is 30.3. The van der Waals surface area contributed by atoms with Crippen LogP contribution in [-0.2, 0) is 23.4 Å². The third-order valence-corrected chi connectivity index (χ3v) is 7.88. The summed E-state index contributed by atoms with van der Waals surface area (Å²) in [7, 11) is 0. The lowest BCUT2D eigenvalue weighted by molar-refractivity contribution is -0.142. The molecule has 6 nitrogen and oxygen atoms in total. The Hall–Kier alpha value is -5.37. The SMILES string of the molecule is CCCC(C(=O)O)(c1ccc(OCc2ccc3cc(F)ccc3n2)cc1)c1ccc(OCc2ccc3cc(F)ccc3n2)cc1. The number of aliphatic carboxylic acids is 1. The minimum absolute atomic E-state index is 0.209. The van der Waals surface area contributed by atoms with Crippen LogP contribution in [0, 0.1) is 11.6 Å². The van der Waals surface area contributed by atoms with Gasteiger partial charge in [-0.25, -0.2) is 18.7 Å². The van der Waals surface area contributed by atoms with Crippen molar-refractivity contribution >= 4 is 27.8 Å². The Bertz CT molecular complexity index is 1850. The Morgan fingerprint density at radius 3 is 1.51 bits per heavy atom. The highest BCUT2D eigenvalue weighted by atomic mass is 19.1. The van der Waals surface area contributed by atoms with E-state index >= 15 is 0 Å². The maximum Gasteiger partial charge on any atom is 0.318 e. The average Bonchev–Trinajstić information content (AvgIpc) is 3.05. The molecule has 8 heteroatoms. The van der Waals surface area contributed by atoms with Crippen molar-refractivity contribution in [1.29, 1.82) is 0 Å². The van der Waals surface area contributed by atoms with Gasteiger partial charge in [-0.1, -0.05) is 49.7 Å². The van der Waals surface area contributed by atoms with E-state index in [1.807, 2.05) is 6.92 Å². The Labute approximate surface area is 258 Å². The number of hydrogen-bond acceptors (Lipinski definition) is 5. The van der Waals surface area contributed by atoms with E-state index in [2.05, 4.69) is 9.97 Å². The zero-order chi connectivity index (χ0) is 31.4. The van der Waals surface area contributed by atoms with Gasteiger partial charge in [0.1, 0.15) is 41.8 Å². The predicted octanol–water partition coefficient (Wildman–Crippen LogP) is 8.39. The van der Waals surface area contributed by atoms with Crippen LogP contribution in [0.5, 0.6) is 11.5 Å². The molecule has 0 unspecified atom stereocenters. The van der Waals surface area contributed by atoms with Crippen molar-refractivity contribution in [3.63, 3.8) is 0 Å². The molecule has 0 aliphatic carbocycles. The number of rotatable bonds is 11. The highest BCUT2D eigenvalue weighted by molar-refractivity contribution is 5.86. The number of fused-ring (bicyclic) bond motifs is 2. The number of aromatic nitrogens is 2.